The SMILES string of the molecule is O=C1CCC(N2C(=O)c3ccc(C4(O)CCN(Cc5cc(F)c(O)c(F)c5)CC4)cc3C2=O)C(=O)N1. The minimum atomic E-state index is -1.29. The number of rotatable bonds is 4. The Hall–Kier alpha value is -3.70. The number of benzene rings is 2. The first kappa shape index (κ1) is 24.0. The van der Waals surface area contributed by atoms with Crippen molar-refractivity contribution in [2.24, 2.45) is 0 Å². The summed E-state index contributed by atoms with van der Waals surface area (Å²) in [6.07, 6.45) is 0.619. The first-order valence-corrected chi connectivity index (χ1v) is 11.5. The quantitative estimate of drug-likeness (QED) is 0.545. The molecule has 11 heteroatoms. The molecule has 0 radical (unpaired) electrons. The van der Waals surface area contributed by atoms with E-state index in [1.807, 2.05) is 4.90 Å². The van der Waals surface area contributed by atoms with E-state index in [0.717, 1.165) is 17.0 Å². The van der Waals surface area contributed by atoms with Gasteiger partial charge in [-0.15, -0.1) is 0 Å². The molecule has 0 saturated carbocycles. The van der Waals surface area contributed by atoms with E-state index in [1.165, 1.54) is 12.1 Å². The topological polar surface area (TPSA) is 127 Å². The zero-order valence-corrected chi connectivity index (χ0v) is 19.1. The van der Waals surface area contributed by atoms with E-state index in [4.69, 9.17) is 0 Å². The molecule has 0 aromatic heterocycles. The lowest BCUT2D eigenvalue weighted by atomic mass is 9.83. The van der Waals surface area contributed by atoms with Crippen molar-refractivity contribution in [3.05, 3.63) is 64.2 Å². The van der Waals surface area contributed by atoms with Gasteiger partial charge in [-0.05, 0) is 54.7 Å². The van der Waals surface area contributed by atoms with E-state index in [-0.39, 0.29) is 43.4 Å². The molecule has 4 amide bonds. The lowest BCUT2D eigenvalue weighted by molar-refractivity contribution is -0.136. The molecule has 188 valence electrons. The summed E-state index contributed by atoms with van der Waals surface area (Å²) in [4.78, 5) is 52.4. The first-order valence-electron chi connectivity index (χ1n) is 11.5. The molecule has 3 N–H and O–H groups in total. The Bertz CT molecular complexity index is 1280. The number of fused-ring (bicyclic) bond motifs is 1. The molecule has 5 rings (SSSR count). The van der Waals surface area contributed by atoms with E-state index >= 15 is 0 Å². The third kappa shape index (κ3) is 4.03. The number of phenolic OH excluding ortho intramolecular Hbond substituents is 1. The van der Waals surface area contributed by atoms with Gasteiger partial charge in [0.1, 0.15) is 6.04 Å². The first-order chi connectivity index (χ1) is 17.1. The second-order valence-corrected chi connectivity index (χ2v) is 9.42. The zero-order chi connectivity index (χ0) is 25.8. The molecule has 3 aliphatic rings. The van der Waals surface area contributed by atoms with Crippen LogP contribution in [0.25, 0.3) is 0 Å². The van der Waals surface area contributed by atoms with Gasteiger partial charge in [0.05, 0.1) is 16.7 Å². The van der Waals surface area contributed by atoms with Crippen LogP contribution in [0.4, 0.5) is 8.78 Å². The van der Waals surface area contributed by atoms with Crippen molar-refractivity contribution < 1.29 is 38.2 Å². The summed E-state index contributed by atoms with van der Waals surface area (Å²) in [5, 5.41) is 22.7. The lowest BCUT2D eigenvalue weighted by Gasteiger charge is -2.38. The Morgan fingerprint density at radius 1 is 0.972 bits per heavy atom. The molecule has 2 fully saturated rings. The monoisotopic (exact) mass is 499 g/mol. The molecule has 0 aliphatic carbocycles. The van der Waals surface area contributed by atoms with Crippen LogP contribution in [0.5, 0.6) is 5.75 Å². The molecule has 3 aliphatic heterocycles. The summed E-state index contributed by atoms with van der Waals surface area (Å²) in [6.45, 7) is 1.02. The summed E-state index contributed by atoms with van der Waals surface area (Å²) in [6, 6.07) is 5.58. The fourth-order valence-electron chi connectivity index (χ4n) is 5.10. The Labute approximate surface area is 204 Å². The van der Waals surface area contributed by atoms with Gasteiger partial charge < -0.3 is 10.2 Å². The number of likely N-dealkylation sites (tertiary alicyclic amines) is 1. The number of nitrogens with zero attached hydrogens (tertiary/aromatic N) is 2. The van der Waals surface area contributed by atoms with Crippen LogP contribution >= 0.6 is 0 Å². The average Bonchev–Trinajstić information content (AvgIpc) is 3.09. The minimum absolute atomic E-state index is 0.0226. The largest absolute Gasteiger partial charge is 0.503 e. The van der Waals surface area contributed by atoms with Crippen LogP contribution in [0.1, 0.15) is 57.5 Å². The number of carbonyl (C=O) groups is 4. The highest BCUT2D eigenvalue weighted by Gasteiger charge is 2.45. The highest BCUT2D eigenvalue weighted by Crippen LogP contribution is 2.37. The van der Waals surface area contributed by atoms with E-state index < -0.39 is 52.7 Å². The minimum Gasteiger partial charge on any atom is -0.503 e. The van der Waals surface area contributed by atoms with Gasteiger partial charge in [-0.25, -0.2) is 8.78 Å². The second-order valence-electron chi connectivity index (χ2n) is 9.42. The third-order valence-corrected chi connectivity index (χ3v) is 7.14. The van der Waals surface area contributed by atoms with Crippen LogP contribution in [0.2, 0.25) is 0 Å². The Morgan fingerprint density at radius 2 is 1.61 bits per heavy atom. The number of aliphatic hydroxyl groups is 1. The maximum atomic E-state index is 13.7. The molecular weight excluding hydrogens is 476 g/mol. The number of phenols is 1. The predicted molar refractivity (Wildman–Crippen MR) is 120 cm³/mol. The van der Waals surface area contributed by atoms with E-state index in [9.17, 15) is 38.2 Å². The standard InChI is InChI=1S/C25H23F2N3O6/c26-17-9-13(10-18(27)21(17)32)12-29-7-5-25(36,6-8-29)14-1-2-15-16(11-14)24(35)30(23(15)34)19-3-4-20(31)28-22(19)33/h1-2,9-11,19,32,36H,3-8,12H2,(H,28,31,33). The molecule has 0 bridgehead atoms. The maximum Gasteiger partial charge on any atom is 0.262 e. The van der Waals surface area contributed by atoms with Gasteiger partial charge in [-0.1, -0.05) is 6.07 Å². The highest BCUT2D eigenvalue weighted by molar-refractivity contribution is 6.23. The number of carbonyl (C=O) groups excluding carboxylic acids is 4. The molecule has 2 aromatic carbocycles. The number of aromatic hydroxyl groups is 1. The van der Waals surface area contributed by atoms with Crippen LogP contribution in [-0.4, -0.2) is 62.8 Å². The number of amides is 4. The third-order valence-electron chi connectivity index (χ3n) is 7.14. The van der Waals surface area contributed by atoms with Crippen molar-refractivity contribution in [1.29, 1.82) is 0 Å². The number of halogens is 2. The molecule has 3 heterocycles. The van der Waals surface area contributed by atoms with E-state index in [0.29, 0.717) is 24.2 Å². The van der Waals surface area contributed by atoms with Crippen molar-refractivity contribution in [2.45, 2.75) is 43.9 Å². The van der Waals surface area contributed by atoms with Crippen molar-refractivity contribution in [3.8, 4) is 5.75 Å². The van der Waals surface area contributed by atoms with Crippen molar-refractivity contribution in [2.75, 3.05) is 13.1 Å². The summed E-state index contributed by atoms with van der Waals surface area (Å²) < 4.78 is 27.3. The van der Waals surface area contributed by atoms with Crippen molar-refractivity contribution >= 4 is 23.6 Å². The molecule has 9 nitrogen and oxygen atoms in total. The molecule has 36 heavy (non-hydrogen) atoms. The van der Waals surface area contributed by atoms with Crippen molar-refractivity contribution in [3.63, 3.8) is 0 Å². The van der Waals surface area contributed by atoms with Gasteiger partial charge in [-0.3, -0.25) is 34.3 Å². The molecule has 2 aromatic rings. The van der Waals surface area contributed by atoms with E-state index in [2.05, 4.69) is 5.32 Å². The number of imide groups is 2. The fraction of sp³-hybridized carbons (Fsp3) is 0.360. The van der Waals surface area contributed by atoms with Crippen LogP contribution in [-0.2, 0) is 21.7 Å². The summed E-state index contributed by atoms with van der Waals surface area (Å²) in [5.41, 5.74) is -0.265. The lowest BCUT2D eigenvalue weighted by Crippen LogP contribution is -2.54. The van der Waals surface area contributed by atoms with Gasteiger partial charge >= 0.3 is 0 Å². The molecule has 2 saturated heterocycles. The smallest absolute Gasteiger partial charge is 0.262 e. The molecular formula is C25H23F2N3O6. The number of nitrogens with one attached hydrogen (secondary N) is 1. The Morgan fingerprint density at radius 3 is 2.25 bits per heavy atom. The zero-order valence-electron chi connectivity index (χ0n) is 19.1. The summed E-state index contributed by atoms with van der Waals surface area (Å²) >= 11 is 0. The molecule has 1 atom stereocenters. The highest BCUT2D eigenvalue weighted by atomic mass is 19.1. The Kier molecular flexibility index (Phi) is 5.84. The molecule has 1 unspecified atom stereocenters. The van der Waals surface area contributed by atoms with Crippen LogP contribution < -0.4 is 5.32 Å². The van der Waals surface area contributed by atoms with Gasteiger partial charge in [-0.2, -0.15) is 0 Å². The van der Waals surface area contributed by atoms with Gasteiger partial charge in [0, 0.05) is 26.1 Å². The normalized spacial score (nSPS) is 22.1. The molecule has 0 spiro atoms. The summed E-state index contributed by atoms with van der Waals surface area (Å²) in [7, 11) is 0. The average molecular weight is 499 g/mol. The van der Waals surface area contributed by atoms with Crippen molar-refractivity contribution in [1.82, 2.24) is 15.1 Å². The van der Waals surface area contributed by atoms with Crippen LogP contribution in [0, 0.1) is 11.6 Å². The van der Waals surface area contributed by atoms with Gasteiger partial charge in [0.25, 0.3) is 11.8 Å². The number of hydrogen-bond acceptors (Lipinski definition) is 7. The van der Waals surface area contributed by atoms with Crippen LogP contribution in [0.3, 0.4) is 0 Å². The number of hydrogen-bond donors (Lipinski definition) is 3. The van der Waals surface area contributed by atoms with Crippen LogP contribution in [0.15, 0.2) is 30.3 Å². The van der Waals surface area contributed by atoms with Gasteiger partial charge in [0.15, 0.2) is 17.4 Å². The number of piperidine rings is 2. The fourth-order valence-corrected chi connectivity index (χ4v) is 5.10. The Balaban J connectivity index is 1.30. The second kappa shape index (κ2) is 8.75. The van der Waals surface area contributed by atoms with E-state index in [1.54, 1.807) is 6.07 Å². The maximum absolute atomic E-state index is 13.7. The predicted octanol–water partition coefficient (Wildman–Crippen LogP) is 1.56. The summed E-state index contributed by atoms with van der Waals surface area (Å²) in [5.74, 6) is -5.52. The van der Waals surface area contributed by atoms with Gasteiger partial charge in [0.2, 0.25) is 11.8 Å².